The Bertz CT molecular complexity index is 1740. The first-order chi connectivity index (χ1) is 25.4. The molecule has 1 aliphatic heterocycles. The van der Waals surface area contributed by atoms with E-state index >= 15 is 0 Å². The predicted molar refractivity (Wildman–Crippen MR) is 212 cm³/mol. The van der Waals surface area contributed by atoms with Crippen LogP contribution in [0.2, 0.25) is 0 Å². The lowest BCUT2D eigenvalue weighted by molar-refractivity contribution is -0.150. The number of ether oxygens (including phenoxy) is 1. The highest BCUT2D eigenvalue weighted by molar-refractivity contribution is 5.95. The van der Waals surface area contributed by atoms with Crippen LogP contribution < -0.4 is 5.32 Å². The van der Waals surface area contributed by atoms with Crippen LogP contribution in [0.1, 0.15) is 71.9 Å². The van der Waals surface area contributed by atoms with Gasteiger partial charge in [0.05, 0.1) is 6.10 Å². The highest BCUT2D eigenvalue weighted by Gasteiger charge is 2.37. The van der Waals surface area contributed by atoms with E-state index in [1.54, 1.807) is 39.8 Å². The number of benzene rings is 3. The number of nitrogens with zero attached hydrogens (tertiary/aromatic N) is 3. The maximum Gasteiger partial charge on any atom is 0.408 e. The average molecular weight is 739 g/mol. The summed E-state index contributed by atoms with van der Waals surface area (Å²) in [6.45, 7) is 11.7. The van der Waals surface area contributed by atoms with Gasteiger partial charge in [-0.05, 0) is 83.1 Å². The minimum Gasteiger partial charge on any atom is -0.444 e. The lowest BCUT2D eigenvalue weighted by Gasteiger charge is -2.38. The van der Waals surface area contributed by atoms with Crippen LogP contribution in [0.4, 0.5) is 4.79 Å². The van der Waals surface area contributed by atoms with Crippen molar-refractivity contribution in [2.45, 2.75) is 103 Å². The van der Waals surface area contributed by atoms with Gasteiger partial charge in [-0.2, -0.15) is 0 Å². The molecule has 3 aromatic carbocycles. The molecule has 0 aliphatic carbocycles. The molecule has 54 heavy (non-hydrogen) atoms. The van der Waals surface area contributed by atoms with Gasteiger partial charge in [-0.25, -0.2) is 4.79 Å². The van der Waals surface area contributed by atoms with E-state index in [-0.39, 0.29) is 24.1 Å². The first-order valence-corrected chi connectivity index (χ1v) is 18.8. The summed E-state index contributed by atoms with van der Waals surface area (Å²) in [4.78, 5) is 60.1. The van der Waals surface area contributed by atoms with Crippen molar-refractivity contribution in [3.8, 4) is 11.1 Å². The summed E-state index contributed by atoms with van der Waals surface area (Å²) < 4.78 is 5.44. The van der Waals surface area contributed by atoms with Crippen molar-refractivity contribution in [1.29, 1.82) is 0 Å². The van der Waals surface area contributed by atoms with Crippen molar-refractivity contribution in [2.24, 2.45) is 0 Å². The van der Waals surface area contributed by atoms with Gasteiger partial charge < -0.3 is 29.9 Å². The fourth-order valence-corrected chi connectivity index (χ4v) is 6.83. The van der Waals surface area contributed by atoms with Gasteiger partial charge in [0.25, 0.3) is 0 Å². The molecule has 1 aliphatic rings. The Hall–Kier alpha value is -4.96. The molecular formula is C44H58N4O6. The number of rotatable bonds is 13. The molecule has 2 N–H and O–H groups in total. The molecule has 1 saturated heterocycles. The second-order valence-electron chi connectivity index (χ2n) is 16.1. The number of likely N-dealkylation sites (tertiary alicyclic amines) is 1. The molecular weight excluding hydrogens is 681 g/mol. The molecule has 2 atom stereocenters. The molecule has 1 fully saturated rings. The molecule has 4 amide bonds. The third-order valence-corrected chi connectivity index (χ3v) is 9.67. The molecule has 0 aromatic heterocycles. The van der Waals surface area contributed by atoms with Crippen molar-refractivity contribution < 1.29 is 29.0 Å². The molecule has 10 heteroatoms. The van der Waals surface area contributed by atoms with E-state index in [0.29, 0.717) is 44.3 Å². The summed E-state index contributed by atoms with van der Waals surface area (Å²) in [6, 6.07) is 25.8. The fourth-order valence-electron chi connectivity index (χ4n) is 6.83. The van der Waals surface area contributed by atoms with Gasteiger partial charge in [-0.3, -0.25) is 14.4 Å². The van der Waals surface area contributed by atoms with Gasteiger partial charge in [-0.15, -0.1) is 0 Å². The van der Waals surface area contributed by atoms with Crippen LogP contribution in [0.3, 0.4) is 0 Å². The Morgan fingerprint density at radius 1 is 0.796 bits per heavy atom. The molecule has 3 aromatic rings. The molecule has 0 radical (unpaired) electrons. The first-order valence-electron chi connectivity index (χ1n) is 18.8. The topological polar surface area (TPSA) is 119 Å². The summed E-state index contributed by atoms with van der Waals surface area (Å²) in [6.07, 6.45) is 2.36. The number of amides is 4. The zero-order chi connectivity index (χ0) is 39.6. The van der Waals surface area contributed by atoms with Gasteiger partial charge in [0.1, 0.15) is 17.7 Å². The molecule has 0 bridgehead atoms. The lowest BCUT2D eigenvalue weighted by atomic mass is 9.95. The van der Waals surface area contributed by atoms with E-state index < -0.39 is 35.4 Å². The van der Waals surface area contributed by atoms with Gasteiger partial charge in [-0.1, -0.05) is 90.5 Å². The summed E-state index contributed by atoms with van der Waals surface area (Å²) >= 11 is 0. The Balaban J connectivity index is 1.63. The highest BCUT2D eigenvalue weighted by Crippen LogP contribution is 2.23. The summed E-state index contributed by atoms with van der Waals surface area (Å²) in [5, 5.41) is 13.0. The van der Waals surface area contributed by atoms with Gasteiger partial charge in [0.2, 0.25) is 17.7 Å². The van der Waals surface area contributed by atoms with Crippen LogP contribution in [-0.4, -0.2) is 100 Å². The number of carbonyl (C=O) groups is 4. The van der Waals surface area contributed by atoms with E-state index in [9.17, 15) is 24.3 Å². The maximum atomic E-state index is 14.7. The van der Waals surface area contributed by atoms with Gasteiger partial charge >= 0.3 is 6.09 Å². The number of hydrogen-bond acceptors (Lipinski definition) is 6. The second-order valence-corrected chi connectivity index (χ2v) is 16.1. The normalized spacial score (nSPS) is 15.2. The quantitative estimate of drug-likeness (QED) is 0.196. The largest absolute Gasteiger partial charge is 0.444 e. The summed E-state index contributed by atoms with van der Waals surface area (Å²) in [5.74, 6) is -0.913. The summed E-state index contributed by atoms with van der Waals surface area (Å²) in [5.41, 5.74) is 3.22. The number of alkyl carbamates (subject to hydrolysis) is 1. The number of carbonyl (C=O) groups excluding carboxylic acids is 4. The Kier molecular flexibility index (Phi) is 14.2. The van der Waals surface area contributed by atoms with Crippen molar-refractivity contribution in [3.63, 3.8) is 0 Å². The standard InChI is InChI=1S/C44H58N4O6/c1-31(30-44(5,6)45-42(53)54-43(2,3)4)27-39(50)46(7)37(29-33-19-21-35(22-20-33)34-17-13-10-14-18-34)40(51)47(8)38(28-32-15-11-9-12-16-32)41(52)48-25-23-36(49)24-26-48/h9-22,27,36-38,49H,23-26,28-30H2,1-8H3,(H,45,53)/b31-27+/t37-,38-/m1/s1. The van der Waals surface area contributed by atoms with Crippen molar-refractivity contribution in [3.05, 3.63) is 108 Å². The Morgan fingerprint density at radius 2 is 1.31 bits per heavy atom. The number of nitrogens with one attached hydrogen (secondary N) is 1. The summed E-state index contributed by atoms with van der Waals surface area (Å²) in [7, 11) is 3.26. The van der Waals surface area contributed by atoms with E-state index in [2.05, 4.69) is 5.32 Å². The molecule has 0 saturated carbocycles. The molecule has 10 nitrogen and oxygen atoms in total. The van der Waals surface area contributed by atoms with Crippen LogP contribution in [0, 0.1) is 0 Å². The van der Waals surface area contributed by atoms with E-state index in [4.69, 9.17) is 4.74 Å². The van der Waals surface area contributed by atoms with E-state index in [0.717, 1.165) is 22.3 Å². The minimum absolute atomic E-state index is 0.183. The fraction of sp³-hybridized carbons (Fsp3) is 0.455. The third-order valence-electron chi connectivity index (χ3n) is 9.67. The van der Waals surface area contributed by atoms with Gasteiger partial charge in [0, 0.05) is 51.6 Å². The van der Waals surface area contributed by atoms with Crippen molar-refractivity contribution in [1.82, 2.24) is 20.0 Å². The number of piperidine rings is 1. The van der Waals surface area contributed by atoms with Crippen LogP contribution in [0.5, 0.6) is 0 Å². The molecule has 290 valence electrons. The SMILES string of the molecule is C/C(=C\C(=O)N(C)[C@H](Cc1ccc(-c2ccccc2)cc1)C(=O)N(C)[C@H](Cc1ccccc1)C(=O)N1CCC(O)CC1)CC(C)(C)NC(=O)OC(C)(C)C. The number of hydrogen-bond donors (Lipinski definition) is 2. The lowest BCUT2D eigenvalue weighted by Crippen LogP contribution is -2.57. The first kappa shape index (κ1) is 41.8. The average Bonchev–Trinajstić information content (AvgIpc) is 3.11. The van der Waals surface area contributed by atoms with Crippen molar-refractivity contribution in [2.75, 3.05) is 27.2 Å². The molecule has 4 rings (SSSR count). The Morgan fingerprint density at radius 3 is 1.89 bits per heavy atom. The molecule has 0 unspecified atom stereocenters. The predicted octanol–water partition coefficient (Wildman–Crippen LogP) is 6.42. The van der Waals surface area contributed by atoms with Crippen LogP contribution >= 0.6 is 0 Å². The zero-order valence-corrected chi connectivity index (χ0v) is 33.2. The number of aliphatic hydroxyl groups is 1. The Labute approximate surface area is 321 Å². The van der Waals surface area contributed by atoms with Crippen LogP contribution in [0.25, 0.3) is 11.1 Å². The van der Waals surface area contributed by atoms with E-state index in [1.807, 2.05) is 106 Å². The van der Waals surface area contributed by atoms with Crippen LogP contribution in [0.15, 0.2) is 96.6 Å². The molecule has 0 spiro atoms. The smallest absolute Gasteiger partial charge is 0.408 e. The molecule has 1 heterocycles. The van der Waals surface area contributed by atoms with Gasteiger partial charge in [0.15, 0.2) is 0 Å². The van der Waals surface area contributed by atoms with Crippen LogP contribution in [-0.2, 0) is 32.0 Å². The third kappa shape index (κ3) is 12.3. The second kappa shape index (κ2) is 18.4. The highest BCUT2D eigenvalue weighted by atomic mass is 16.6. The number of likely N-dealkylation sites (N-methyl/N-ethyl adjacent to an activating group) is 2. The number of aliphatic hydroxyl groups excluding tert-OH is 1. The van der Waals surface area contributed by atoms with Crippen molar-refractivity contribution >= 4 is 23.8 Å². The van der Waals surface area contributed by atoms with E-state index in [1.165, 1.54) is 15.9 Å². The maximum absolute atomic E-state index is 14.7. The zero-order valence-electron chi connectivity index (χ0n) is 33.2. The minimum atomic E-state index is -0.934. The monoisotopic (exact) mass is 738 g/mol.